The molecule has 1 rings (SSSR count). The van der Waals surface area contributed by atoms with Crippen molar-refractivity contribution in [3.8, 4) is 5.75 Å². The maximum atomic E-state index is 11.7. The highest BCUT2D eigenvalue weighted by molar-refractivity contribution is 6.17. The molecule has 0 aliphatic rings. The van der Waals surface area contributed by atoms with E-state index in [4.69, 9.17) is 11.6 Å². The van der Waals surface area contributed by atoms with Crippen LogP contribution in [0.2, 0.25) is 0 Å². The van der Waals surface area contributed by atoms with Crippen LogP contribution < -0.4 is 5.32 Å². The summed E-state index contributed by atoms with van der Waals surface area (Å²) in [6.45, 7) is 4.76. The van der Waals surface area contributed by atoms with Crippen LogP contribution in [0, 0.1) is 5.41 Å². The van der Waals surface area contributed by atoms with Gasteiger partial charge in [-0.25, -0.2) is 0 Å². The van der Waals surface area contributed by atoms with Crippen molar-refractivity contribution in [1.29, 1.82) is 0 Å². The number of carbonyl (C=O) groups is 1. The number of aromatic hydroxyl groups is 1. The third kappa shape index (κ3) is 5.41. The molecule has 0 saturated carbocycles. The van der Waals surface area contributed by atoms with E-state index in [0.29, 0.717) is 12.4 Å². The number of amides is 1. The van der Waals surface area contributed by atoms with Crippen molar-refractivity contribution >= 4 is 17.5 Å². The summed E-state index contributed by atoms with van der Waals surface area (Å²) in [4.78, 5) is 11.7. The Hall–Kier alpha value is -1.22. The van der Waals surface area contributed by atoms with Gasteiger partial charge in [-0.1, -0.05) is 26.0 Å². The van der Waals surface area contributed by atoms with Crippen molar-refractivity contribution in [2.24, 2.45) is 5.41 Å². The first-order chi connectivity index (χ1) is 8.43. The lowest BCUT2D eigenvalue weighted by molar-refractivity contribution is -0.120. The Labute approximate surface area is 113 Å². The molecule has 1 aromatic carbocycles. The number of phenolic OH excluding ortho intramolecular Hbond substituents is 1. The van der Waals surface area contributed by atoms with Crippen LogP contribution in [0.3, 0.4) is 0 Å². The molecule has 1 amide bonds. The second-order valence-electron chi connectivity index (χ2n) is 5.23. The molecule has 0 unspecified atom stereocenters. The number of phenols is 1. The fourth-order valence-corrected chi connectivity index (χ4v) is 2.11. The van der Waals surface area contributed by atoms with E-state index in [1.165, 1.54) is 0 Å². The number of rotatable bonds is 6. The quantitative estimate of drug-likeness (QED) is 0.780. The highest BCUT2D eigenvalue weighted by atomic mass is 35.5. The summed E-state index contributed by atoms with van der Waals surface area (Å²) in [6, 6.07) is 6.74. The Kier molecular flexibility index (Phi) is 5.48. The van der Waals surface area contributed by atoms with E-state index >= 15 is 0 Å². The van der Waals surface area contributed by atoms with Crippen LogP contribution >= 0.6 is 11.6 Å². The van der Waals surface area contributed by atoms with Crippen LogP contribution in [-0.2, 0) is 11.2 Å². The van der Waals surface area contributed by atoms with Gasteiger partial charge in [0.25, 0.3) is 0 Å². The lowest BCUT2D eigenvalue weighted by Crippen LogP contribution is -2.35. The topological polar surface area (TPSA) is 49.3 Å². The molecule has 0 radical (unpaired) electrons. The molecule has 0 aliphatic heterocycles. The summed E-state index contributed by atoms with van der Waals surface area (Å²) < 4.78 is 0. The summed E-state index contributed by atoms with van der Waals surface area (Å²) in [5.74, 6) is 0.737. The Morgan fingerprint density at radius 1 is 1.44 bits per heavy atom. The van der Waals surface area contributed by atoms with Crippen molar-refractivity contribution in [2.75, 3.05) is 12.4 Å². The monoisotopic (exact) mass is 269 g/mol. The molecule has 0 fully saturated rings. The fourth-order valence-electron chi connectivity index (χ4n) is 1.60. The molecule has 0 atom stereocenters. The first kappa shape index (κ1) is 14.8. The highest BCUT2D eigenvalue weighted by Gasteiger charge is 2.18. The van der Waals surface area contributed by atoms with Crippen LogP contribution in [0.15, 0.2) is 24.3 Å². The largest absolute Gasteiger partial charge is 0.508 e. The molecule has 4 heteroatoms. The van der Waals surface area contributed by atoms with E-state index in [2.05, 4.69) is 19.2 Å². The second-order valence-corrected chi connectivity index (χ2v) is 5.60. The van der Waals surface area contributed by atoms with Crippen molar-refractivity contribution in [3.63, 3.8) is 0 Å². The van der Waals surface area contributed by atoms with E-state index < -0.39 is 0 Å². The number of hydrogen-bond donors (Lipinski definition) is 2. The molecular weight excluding hydrogens is 250 g/mol. The van der Waals surface area contributed by atoms with Gasteiger partial charge in [-0.2, -0.15) is 0 Å². The minimum Gasteiger partial charge on any atom is -0.508 e. The van der Waals surface area contributed by atoms with Gasteiger partial charge in [0.15, 0.2) is 0 Å². The van der Waals surface area contributed by atoms with E-state index in [1.807, 2.05) is 6.07 Å². The maximum Gasteiger partial charge on any atom is 0.224 e. The van der Waals surface area contributed by atoms with Crippen LogP contribution in [0.25, 0.3) is 0 Å². The Bertz CT molecular complexity index is 405. The summed E-state index contributed by atoms with van der Waals surface area (Å²) in [6.07, 6.45) is 1.15. The molecule has 3 nitrogen and oxygen atoms in total. The predicted octanol–water partition coefficient (Wildman–Crippen LogP) is 2.71. The number of benzene rings is 1. The number of nitrogens with one attached hydrogen (secondary N) is 1. The molecule has 0 aromatic heterocycles. The fraction of sp³-hybridized carbons (Fsp3) is 0.500. The number of carbonyl (C=O) groups excluding carboxylic acids is 1. The minimum atomic E-state index is -0.0387. The van der Waals surface area contributed by atoms with Crippen LogP contribution in [0.1, 0.15) is 25.8 Å². The molecular formula is C14H20ClNO2. The normalized spacial score (nSPS) is 11.3. The standard InChI is InChI=1S/C14H20ClNO2/c1-14(2,6-7-15)10-16-13(18)9-11-4-3-5-12(17)8-11/h3-5,8,17H,6-7,9-10H2,1-2H3,(H,16,18). The van der Waals surface area contributed by atoms with Crippen molar-refractivity contribution < 1.29 is 9.90 Å². The third-order valence-electron chi connectivity index (χ3n) is 2.81. The van der Waals surface area contributed by atoms with Gasteiger partial charge in [0.1, 0.15) is 5.75 Å². The van der Waals surface area contributed by atoms with E-state index in [1.54, 1.807) is 18.2 Å². The van der Waals surface area contributed by atoms with Gasteiger partial charge in [0.2, 0.25) is 5.91 Å². The molecule has 1 aromatic rings. The maximum absolute atomic E-state index is 11.7. The Balaban J connectivity index is 2.43. The summed E-state index contributed by atoms with van der Waals surface area (Å²) in [5.41, 5.74) is 0.818. The number of hydrogen-bond acceptors (Lipinski definition) is 2. The van der Waals surface area contributed by atoms with Gasteiger partial charge in [-0.3, -0.25) is 4.79 Å². The zero-order valence-corrected chi connectivity index (χ0v) is 11.6. The van der Waals surface area contributed by atoms with Gasteiger partial charge in [0.05, 0.1) is 6.42 Å². The molecule has 18 heavy (non-hydrogen) atoms. The van der Waals surface area contributed by atoms with Crippen LogP contribution in [-0.4, -0.2) is 23.4 Å². The van der Waals surface area contributed by atoms with Gasteiger partial charge in [-0.15, -0.1) is 11.6 Å². The SMILES string of the molecule is CC(C)(CCCl)CNC(=O)Cc1cccc(O)c1. The molecule has 0 heterocycles. The molecule has 0 saturated heterocycles. The van der Waals surface area contributed by atoms with Crippen LogP contribution in [0.5, 0.6) is 5.75 Å². The van der Waals surface area contributed by atoms with E-state index in [0.717, 1.165) is 12.0 Å². The first-order valence-corrected chi connectivity index (χ1v) is 6.57. The van der Waals surface area contributed by atoms with Gasteiger partial charge < -0.3 is 10.4 Å². The molecule has 0 spiro atoms. The van der Waals surface area contributed by atoms with Crippen molar-refractivity contribution in [1.82, 2.24) is 5.32 Å². The number of alkyl halides is 1. The highest BCUT2D eigenvalue weighted by Crippen LogP contribution is 2.19. The lowest BCUT2D eigenvalue weighted by atomic mass is 9.90. The summed E-state index contributed by atoms with van der Waals surface area (Å²) in [7, 11) is 0. The van der Waals surface area contributed by atoms with Gasteiger partial charge >= 0.3 is 0 Å². The molecule has 0 bridgehead atoms. The Morgan fingerprint density at radius 3 is 2.78 bits per heavy atom. The first-order valence-electron chi connectivity index (χ1n) is 6.03. The van der Waals surface area contributed by atoms with Gasteiger partial charge in [-0.05, 0) is 29.5 Å². The third-order valence-corrected chi connectivity index (χ3v) is 3.00. The summed E-state index contributed by atoms with van der Waals surface area (Å²) in [5, 5.41) is 12.2. The van der Waals surface area contributed by atoms with Gasteiger partial charge in [0, 0.05) is 12.4 Å². The van der Waals surface area contributed by atoms with E-state index in [9.17, 15) is 9.90 Å². The van der Waals surface area contributed by atoms with Crippen molar-refractivity contribution in [2.45, 2.75) is 26.7 Å². The van der Waals surface area contributed by atoms with Crippen LogP contribution in [0.4, 0.5) is 0 Å². The second kappa shape index (κ2) is 6.64. The zero-order chi connectivity index (χ0) is 13.6. The Morgan fingerprint density at radius 2 is 2.17 bits per heavy atom. The van der Waals surface area contributed by atoms with E-state index in [-0.39, 0.29) is 23.5 Å². The zero-order valence-electron chi connectivity index (χ0n) is 10.9. The minimum absolute atomic E-state index is 0.0102. The average molecular weight is 270 g/mol. The molecule has 100 valence electrons. The predicted molar refractivity (Wildman–Crippen MR) is 73.9 cm³/mol. The molecule has 0 aliphatic carbocycles. The number of halogens is 1. The average Bonchev–Trinajstić information content (AvgIpc) is 2.26. The van der Waals surface area contributed by atoms with Crippen molar-refractivity contribution in [3.05, 3.63) is 29.8 Å². The molecule has 2 N–H and O–H groups in total. The lowest BCUT2D eigenvalue weighted by Gasteiger charge is -2.23. The summed E-state index contributed by atoms with van der Waals surface area (Å²) >= 11 is 5.71. The smallest absolute Gasteiger partial charge is 0.224 e.